The summed E-state index contributed by atoms with van der Waals surface area (Å²) in [6.45, 7) is 2.04. The molecule has 0 unspecified atom stereocenters. The standard InChI is InChI=1S/C18H19FN4OS/c19-13-1-2-14-12(9-21-15(14)8-13)7-17(24)23-18-22-16(10-25-18)11-3-5-20-6-4-11/h1-2,8-11,20-21H,3-7H2,(H,22,23,24). The summed E-state index contributed by atoms with van der Waals surface area (Å²) in [4.78, 5) is 19.9. The highest BCUT2D eigenvalue weighted by Gasteiger charge is 2.18. The maximum Gasteiger partial charge on any atom is 0.230 e. The number of rotatable bonds is 4. The van der Waals surface area contributed by atoms with Crippen LogP contribution in [0.2, 0.25) is 0 Å². The molecule has 25 heavy (non-hydrogen) atoms. The Morgan fingerprint density at radius 1 is 1.36 bits per heavy atom. The second-order valence-electron chi connectivity index (χ2n) is 6.33. The van der Waals surface area contributed by atoms with E-state index in [4.69, 9.17) is 0 Å². The molecule has 0 bridgehead atoms. The molecule has 3 N–H and O–H groups in total. The van der Waals surface area contributed by atoms with Crippen LogP contribution in [0.4, 0.5) is 9.52 Å². The van der Waals surface area contributed by atoms with Gasteiger partial charge in [-0.25, -0.2) is 9.37 Å². The number of anilines is 1. The van der Waals surface area contributed by atoms with Gasteiger partial charge < -0.3 is 15.6 Å². The van der Waals surface area contributed by atoms with Gasteiger partial charge in [0.15, 0.2) is 5.13 Å². The lowest BCUT2D eigenvalue weighted by molar-refractivity contribution is -0.115. The minimum Gasteiger partial charge on any atom is -0.361 e. The van der Waals surface area contributed by atoms with E-state index in [1.54, 1.807) is 12.3 Å². The Hall–Kier alpha value is -2.25. The number of fused-ring (bicyclic) bond motifs is 1. The van der Waals surface area contributed by atoms with Gasteiger partial charge in [0.05, 0.1) is 12.1 Å². The molecule has 1 aromatic carbocycles. The summed E-state index contributed by atoms with van der Waals surface area (Å²) >= 11 is 1.47. The summed E-state index contributed by atoms with van der Waals surface area (Å²) in [5.41, 5.74) is 2.62. The molecule has 0 radical (unpaired) electrons. The number of benzene rings is 1. The first-order valence-electron chi connectivity index (χ1n) is 8.40. The molecular weight excluding hydrogens is 339 g/mol. The molecule has 5 nitrogen and oxygen atoms in total. The van der Waals surface area contributed by atoms with E-state index >= 15 is 0 Å². The van der Waals surface area contributed by atoms with E-state index < -0.39 is 0 Å². The van der Waals surface area contributed by atoms with Crippen molar-refractivity contribution in [2.45, 2.75) is 25.2 Å². The summed E-state index contributed by atoms with van der Waals surface area (Å²) in [5.74, 6) is 0.0710. The van der Waals surface area contributed by atoms with E-state index in [0.29, 0.717) is 16.6 Å². The fraction of sp³-hybridized carbons (Fsp3) is 0.333. The zero-order valence-electron chi connectivity index (χ0n) is 13.6. The number of aromatic nitrogens is 2. The lowest BCUT2D eigenvalue weighted by Gasteiger charge is -2.20. The Morgan fingerprint density at radius 2 is 2.20 bits per heavy atom. The third kappa shape index (κ3) is 3.57. The number of hydrogen-bond donors (Lipinski definition) is 3. The smallest absolute Gasteiger partial charge is 0.230 e. The number of piperidine rings is 1. The normalized spacial score (nSPS) is 15.6. The van der Waals surface area contributed by atoms with Gasteiger partial charge in [-0.1, -0.05) is 0 Å². The highest BCUT2D eigenvalue weighted by molar-refractivity contribution is 7.13. The number of nitrogens with zero attached hydrogens (tertiary/aromatic N) is 1. The fourth-order valence-corrected chi connectivity index (χ4v) is 4.10. The molecule has 7 heteroatoms. The number of aromatic amines is 1. The van der Waals surface area contributed by atoms with E-state index in [0.717, 1.165) is 42.6 Å². The second-order valence-corrected chi connectivity index (χ2v) is 7.19. The average Bonchev–Trinajstić information content (AvgIpc) is 3.23. The number of hydrogen-bond acceptors (Lipinski definition) is 4. The third-order valence-corrected chi connectivity index (χ3v) is 5.38. The van der Waals surface area contributed by atoms with Crippen molar-refractivity contribution < 1.29 is 9.18 Å². The van der Waals surface area contributed by atoms with Gasteiger partial charge in [0.25, 0.3) is 0 Å². The quantitative estimate of drug-likeness (QED) is 0.669. The van der Waals surface area contributed by atoms with E-state index in [1.807, 2.05) is 5.38 Å². The van der Waals surface area contributed by atoms with Gasteiger partial charge in [0.2, 0.25) is 5.91 Å². The number of amides is 1. The van der Waals surface area contributed by atoms with Gasteiger partial charge in [0, 0.05) is 28.4 Å². The number of H-pyrrole nitrogens is 1. The van der Waals surface area contributed by atoms with Gasteiger partial charge >= 0.3 is 0 Å². The molecule has 0 saturated carbocycles. The first kappa shape index (κ1) is 16.2. The predicted octanol–water partition coefficient (Wildman–Crippen LogP) is 3.41. The van der Waals surface area contributed by atoms with E-state index in [-0.39, 0.29) is 18.1 Å². The van der Waals surface area contributed by atoms with E-state index in [9.17, 15) is 9.18 Å². The van der Waals surface area contributed by atoms with Crippen LogP contribution < -0.4 is 10.6 Å². The summed E-state index contributed by atoms with van der Waals surface area (Å²) in [7, 11) is 0. The summed E-state index contributed by atoms with van der Waals surface area (Å²) < 4.78 is 13.2. The largest absolute Gasteiger partial charge is 0.361 e. The van der Waals surface area contributed by atoms with Crippen LogP contribution in [-0.4, -0.2) is 29.0 Å². The monoisotopic (exact) mass is 358 g/mol. The van der Waals surface area contributed by atoms with Crippen molar-refractivity contribution in [3.63, 3.8) is 0 Å². The van der Waals surface area contributed by atoms with Crippen molar-refractivity contribution in [3.8, 4) is 0 Å². The Bertz CT molecular complexity index is 898. The maximum absolute atomic E-state index is 13.2. The summed E-state index contributed by atoms with van der Waals surface area (Å²) in [5, 5.41) is 9.78. The first-order valence-corrected chi connectivity index (χ1v) is 9.28. The second kappa shape index (κ2) is 6.93. The molecule has 4 rings (SSSR count). The molecule has 130 valence electrons. The molecule has 1 aliphatic rings. The molecule has 2 aromatic heterocycles. The maximum atomic E-state index is 13.2. The van der Waals surface area contributed by atoms with Crippen LogP contribution in [0, 0.1) is 5.82 Å². The van der Waals surface area contributed by atoms with Crippen molar-refractivity contribution >= 4 is 33.3 Å². The van der Waals surface area contributed by atoms with Crippen molar-refractivity contribution in [2.75, 3.05) is 18.4 Å². The Morgan fingerprint density at radius 3 is 3.04 bits per heavy atom. The topological polar surface area (TPSA) is 69.8 Å². The van der Waals surface area contributed by atoms with Crippen molar-refractivity contribution in [2.24, 2.45) is 0 Å². The fourth-order valence-electron chi connectivity index (χ4n) is 3.29. The average molecular weight is 358 g/mol. The summed E-state index contributed by atoms with van der Waals surface area (Å²) in [6, 6.07) is 4.54. The molecule has 1 saturated heterocycles. The number of carbonyl (C=O) groups is 1. The zero-order chi connectivity index (χ0) is 17.2. The molecule has 1 amide bonds. The Labute approximate surface area is 148 Å². The predicted molar refractivity (Wildman–Crippen MR) is 97.5 cm³/mol. The van der Waals surface area contributed by atoms with Crippen molar-refractivity contribution in [1.82, 2.24) is 15.3 Å². The minimum absolute atomic E-state index is 0.114. The van der Waals surface area contributed by atoms with Crippen molar-refractivity contribution in [1.29, 1.82) is 0 Å². The zero-order valence-corrected chi connectivity index (χ0v) is 14.5. The minimum atomic E-state index is -0.293. The molecule has 1 aliphatic heterocycles. The molecule has 1 fully saturated rings. The van der Waals surface area contributed by atoms with Crippen LogP contribution in [0.3, 0.4) is 0 Å². The number of halogens is 1. The van der Waals surface area contributed by atoms with Crippen LogP contribution >= 0.6 is 11.3 Å². The Kier molecular flexibility index (Phi) is 4.50. The van der Waals surface area contributed by atoms with E-state index in [2.05, 4.69) is 20.6 Å². The van der Waals surface area contributed by atoms with Crippen LogP contribution in [0.5, 0.6) is 0 Å². The molecule has 0 atom stereocenters. The van der Waals surface area contributed by atoms with Gasteiger partial charge in [-0.3, -0.25) is 4.79 Å². The number of carbonyl (C=O) groups excluding carboxylic acids is 1. The Balaban J connectivity index is 1.42. The highest BCUT2D eigenvalue weighted by atomic mass is 32.1. The van der Waals surface area contributed by atoms with Crippen LogP contribution in [-0.2, 0) is 11.2 Å². The molecule has 0 spiro atoms. The third-order valence-electron chi connectivity index (χ3n) is 4.61. The van der Waals surface area contributed by atoms with Crippen LogP contribution in [0.1, 0.15) is 30.0 Å². The van der Waals surface area contributed by atoms with Gasteiger partial charge in [-0.15, -0.1) is 11.3 Å². The van der Waals surface area contributed by atoms with Crippen LogP contribution in [0.15, 0.2) is 29.8 Å². The van der Waals surface area contributed by atoms with Crippen molar-refractivity contribution in [3.05, 3.63) is 46.9 Å². The first-order chi connectivity index (χ1) is 12.2. The SMILES string of the molecule is O=C(Cc1c[nH]c2cc(F)ccc12)Nc1nc(C2CCNCC2)cs1. The number of thiazole rings is 1. The lowest BCUT2D eigenvalue weighted by Crippen LogP contribution is -2.26. The summed E-state index contributed by atoms with van der Waals surface area (Å²) in [6.07, 6.45) is 4.16. The molecular formula is C18H19FN4OS. The number of nitrogens with one attached hydrogen (secondary N) is 3. The lowest BCUT2D eigenvalue weighted by atomic mass is 9.96. The van der Waals surface area contributed by atoms with E-state index in [1.165, 1.54) is 23.5 Å². The molecule has 0 aliphatic carbocycles. The van der Waals surface area contributed by atoms with Gasteiger partial charge in [-0.05, 0) is 49.7 Å². The molecule has 3 aromatic rings. The highest BCUT2D eigenvalue weighted by Crippen LogP contribution is 2.28. The van der Waals surface area contributed by atoms with Crippen LogP contribution in [0.25, 0.3) is 10.9 Å². The van der Waals surface area contributed by atoms with Gasteiger partial charge in [-0.2, -0.15) is 0 Å². The molecule has 3 heterocycles. The van der Waals surface area contributed by atoms with Gasteiger partial charge in [0.1, 0.15) is 5.82 Å².